The van der Waals surface area contributed by atoms with Crippen LogP contribution in [0.25, 0.3) is 0 Å². The molecule has 1 atom stereocenters. The van der Waals surface area contributed by atoms with Crippen LogP contribution in [0.4, 0.5) is 5.69 Å². The van der Waals surface area contributed by atoms with Gasteiger partial charge in [-0.1, -0.05) is 42.8 Å². The van der Waals surface area contributed by atoms with Crippen molar-refractivity contribution in [3.8, 4) is 0 Å². The molecule has 0 aliphatic heterocycles. The third-order valence-electron chi connectivity index (χ3n) is 3.44. The maximum atomic E-state index is 3.70. The third kappa shape index (κ3) is 5.15. The SMILES string of the molecule is CCNC(C)c1ccc(N(C)CCC(C)C)cc1Br. The summed E-state index contributed by atoms with van der Waals surface area (Å²) in [6.45, 7) is 11.0. The maximum absolute atomic E-state index is 3.70. The van der Waals surface area contributed by atoms with Crippen molar-refractivity contribution in [2.75, 3.05) is 25.0 Å². The highest BCUT2D eigenvalue weighted by Gasteiger charge is 2.10. The van der Waals surface area contributed by atoms with Gasteiger partial charge in [0, 0.05) is 29.8 Å². The average molecular weight is 327 g/mol. The van der Waals surface area contributed by atoms with Crippen molar-refractivity contribution in [2.24, 2.45) is 5.92 Å². The first-order valence-corrected chi connectivity index (χ1v) is 7.99. The summed E-state index contributed by atoms with van der Waals surface area (Å²) in [6.07, 6.45) is 1.23. The maximum Gasteiger partial charge on any atom is 0.0375 e. The lowest BCUT2D eigenvalue weighted by molar-refractivity contribution is 0.584. The van der Waals surface area contributed by atoms with E-state index < -0.39 is 0 Å². The van der Waals surface area contributed by atoms with E-state index in [1.165, 1.54) is 22.1 Å². The number of hydrogen-bond donors (Lipinski definition) is 1. The Labute approximate surface area is 126 Å². The van der Waals surface area contributed by atoms with Crippen molar-refractivity contribution in [1.82, 2.24) is 5.32 Å². The van der Waals surface area contributed by atoms with Crippen LogP contribution in [0.2, 0.25) is 0 Å². The zero-order valence-electron chi connectivity index (χ0n) is 12.8. The second-order valence-electron chi connectivity index (χ2n) is 5.59. The average Bonchev–Trinajstić information content (AvgIpc) is 2.35. The highest BCUT2D eigenvalue weighted by Crippen LogP contribution is 2.28. The molecule has 1 N–H and O–H groups in total. The second kappa shape index (κ2) is 7.91. The highest BCUT2D eigenvalue weighted by molar-refractivity contribution is 9.10. The molecule has 0 saturated heterocycles. The summed E-state index contributed by atoms with van der Waals surface area (Å²) in [5.41, 5.74) is 2.60. The Hall–Kier alpha value is -0.540. The van der Waals surface area contributed by atoms with Gasteiger partial charge in [-0.2, -0.15) is 0 Å². The van der Waals surface area contributed by atoms with E-state index in [1.807, 2.05) is 0 Å². The van der Waals surface area contributed by atoms with Crippen LogP contribution in [-0.4, -0.2) is 20.1 Å². The summed E-state index contributed by atoms with van der Waals surface area (Å²) in [4.78, 5) is 2.33. The van der Waals surface area contributed by atoms with Gasteiger partial charge in [-0.3, -0.25) is 0 Å². The molecular weight excluding hydrogens is 300 g/mol. The molecule has 1 unspecified atom stereocenters. The highest BCUT2D eigenvalue weighted by atomic mass is 79.9. The lowest BCUT2D eigenvalue weighted by atomic mass is 10.1. The smallest absolute Gasteiger partial charge is 0.0375 e. The van der Waals surface area contributed by atoms with Crippen LogP contribution in [0, 0.1) is 5.92 Å². The van der Waals surface area contributed by atoms with E-state index in [4.69, 9.17) is 0 Å². The van der Waals surface area contributed by atoms with Crippen molar-refractivity contribution in [3.05, 3.63) is 28.2 Å². The molecule has 2 nitrogen and oxygen atoms in total. The van der Waals surface area contributed by atoms with Gasteiger partial charge in [0.05, 0.1) is 0 Å². The van der Waals surface area contributed by atoms with Gasteiger partial charge in [-0.05, 0) is 43.5 Å². The van der Waals surface area contributed by atoms with Crippen LogP contribution in [0.1, 0.15) is 45.7 Å². The molecule has 3 heteroatoms. The second-order valence-corrected chi connectivity index (χ2v) is 6.44. The van der Waals surface area contributed by atoms with Crippen molar-refractivity contribution in [2.45, 2.75) is 40.2 Å². The number of hydrogen-bond acceptors (Lipinski definition) is 2. The van der Waals surface area contributed by atoms with Crippen LogP contribution >= 0.6 is 15.9 Å². The lowest BCUT2D eigenvalue weighted by Crippen LogP contribution is -2.21. The first-order chi connectivity index (χ1) is 8.95. The molecule has 1 aromatic carbocycles. The van der Waals surface area contributed by atoms with E-state index in [0.29, 0.717) is 6.04 Å². The topological polar surface area (TPSA) is 15.3 Å². The molecule has 0 bridgehead atoms. The summed E-state index contributed by atoms with van der Waals surface area (Å²) >= 11 is 3.70. The molecule has 0 amide bonds. The molecule has 0 aliphatic carbocycles. The van der Waals surface area contributed by atoms with E-state index >= 15 is 0 Å². The van der Waals surface area contributed by atoms with Gasteiger partial charge in [0.1, 0.15) is 0 Å². The lowest BCUT2D eigenvalue weighted by Gasteiger charge is -2.22. The Bertz CT molecular complexity index is 390. The van der Waals surface area contributed by atoms with Gasteiger partial charge in [-0.15, -0.1) is 0 Å². The van der Waals surface area contributed by atoms with Gasteiger partial charge < -0.3 is 10.2 Å². The van der Waals surface area contributed by atoms with Gasteiger partial charge in [-0.25, -0.2) is 0 Å². The largest absolute Gasteiger partial charge is 0.375 e. The molecule has 0 radical (unpaired) electrons. The Morgan fingerprint density at radius 3 is 2.47 bits per heavy atom. The van der Waals surface area contributed by atoms with E-state index in [0.717, 1.165) is 19.0 Å². The molecule has 1 aromatic rings. The number of benzene rings is 1. The molecule has 1 rings (SSSR count). The predicted octanol–water partition coefficient (Wildman–Crippen LogP) is 4.60. The van der Waals surface area contributed by atoms with E-state index in [1.54, 1.807) is 0 Å². The summed E-state index contributed by atoms with van der Waals surface area (Å²) < 4.78 is 1.19. The van der Waals surface area contributed by atoms with Gasteiger partial charge in [0.2, 0.25) is 0 Å². The minimum absolute atomic E-state index is 0.384. The van der Waals surface area contributed by atoms with Crippen LogP contribution in [0.15, 0.2) is 22.7 Å². The summed E-state index contributed by atoms with van der Waals surface area (Å²) in [5.74, 6) is 0.749. The molecule has 108 valence electrons. The van der Waals surface area contributed by atoms with Crippen LogP contribution in [0.3, 0.4) is 0 Å². The van der Waals surface area contributed by atoms with Crippen molar-refractivity contribution >= 4 is 21.6 Å². The molecule has 0 heterocycles. The monoisotopic (exact) mass is 326 g/mol. The number of nitrogens with one attached hydrogen (secondary N) is 1. The van der Waals surface area contributed by atoms with Gasteiger partial charge in [0.25, 0.3) is 0 Å². The Balaban J connectivity index is 2.75. The quantitative estimate of drug-likeness (QED) is 0.787. The summed E-state index contributed by atoms with van der Waals surface area (Å²) in [6, 6.07) is 7.05. The minimum Gasteiger partial charge on any atom is -0.375 e. The van der Waals surface area contributed by atoms with Gasteiger partial charge in [0.15, 0.2) is 0 Å². The van der Waals surface area contributed by atoms with Crippen molar-refractivity contribution in [3.63, 3.8) is 0 Å². The zero-order valence-corrected chi connectivity index (χ0v) is 14.4. The van der Waals surface area contributed by atoms with Crippen molar-refractivity contribution < 1.29 is 0 Å². The molecule has 0 fully saturated rings. The zero-order chi connectivity index (χ0) is 14.4. The normalized spacial score (nSPS) is 12.8. The number of nitrogens with zero attached hydrogens (tertiary/aromatic N) is 1. The molecular formula is C16H27BrN2. The standard InChI is InChI=1S/C16H27BrN2/c1-6-18-13(4)15-8-7-14(11-16(15)17)19(5)10-9-12(2)3/h7-8,11-13,18H,6,9-10H2,1-5H3. The third-order valence-corrected chi connectivity index (χ3v) is 4.13. The van der Waals surface area contributed by atoms with Crippen molar-refractivity contribution in [1.29, 1.82) is 0 Å². The number of anilines is 1. The molecule has 0 aromatic heterocycles. The minimum atomic E-state index is 0.384. The Kier molecular flexibility index (Phi) is 6.87. The van der Waals surface area contributed by atoms with Crippen LogP contribution < -0.4 is 10.2 Å². The fourth-order valence-electron chi connectivity index (χ4n) is 2.10. The fourth-order valence-corrected chi connectivity index (χ4v) is 2.81. The predicted molar refractivity (Wildman–Crippen MR) is 89.0 cm³/mol. The molecule has 19 heavy (non-hydrogen) atoms. The molecule has 0 aliphatic rings. The van der Waals surface area contributed by atoms with Crippen LogP contribution in [-0.2, 0) is 0 Å². The number of halogens is 1. The first-order valence-electron chi connectivity index (χ1n) is 7.19. The number of rotatable bonds is 7. The van der Waals surface area contributed by atoms with Crippen LogP contribution in [0.5, 0.6) is 0 Å². The Morgan fingerprint density at radius 1 is 1.26 bits per heavy atom. The van der Waals surface area contributed by atoms with Gasteiger partial charge >= 0.3 is 0 Å². The molecule has 0 spiro atoms. The van der Waals surface area contributed by atoms with E-state index in [9.17, 15) is 0 Å². The summed E-state index contributed by atoms with van der Waals surface area (Å²) in [7, 11) is 2.16. The van der Waals surface area contributed by atoms with E-state index in [-0.39, 0.29) is 0 Å². The molecule has 0 saturated carbocycles. The fraction of sp³-hybridized carbons (Fsp3) is 0.625. The summed E-state index contributed by atoms with van der Waals surface area (Å²) in [5, 5.41) is 3.45. The van der Waals surface area contributed by atoms with E-state index in [2.05, 4.69) is 79.1 Å². The Morgan fingerprint density at radius 2 is 1.95 bits per heavy atom. The first kappa shape index (κ1) is 16.5.